The molecule has 7 heteroatoms. The lowest BCUT2D eigenvalue weighted by Gasteiger charge is -2.12. The number of carboxylic acid groups (broad SMARTS) is 1. The minimum atomic E-state index is -3.74. The van der Waals surface area contributed by atoms with Gasteiger partial charge in [0.1, 0.15) is 0 Å². The second-order valence-corrected chi connectivity index (χ2v) is 6.14. The Kier molecular flexibility index (Phi) is 5.67. The van der Waals surface area contributed by atoms with Crippen molar-refractivity contribution < 1.29 is 23.1 Å². The van der Waals surface area contributed by atoms with E-state index in [4.69, 9.17) is 9.84 Å². The largest absolute Gasteiger partial charge is 0.478 e. The molecule has 0 bridgehead atoms. The number of hydrogen-bond donors (Lipinski definition) is 2. The van der Waals surface area contributed by atoms with Gasteiger partial charge in [-0.2, -0.15) is 0 Å². The van der Waals surface area contributed by atoms with E-state index in [0.29, 0.717) is 12.0 Å². The third kappa shape index (κ3) is 4.03. The van der Waals surface area contributed by atoms with E-state index in [1.54, 1.807) is 6.92 Å². The molecule has 0 aliphatic rings. The van der Waals surface area contributed by atoms with Gasteiger partial charge in [0.15, 0.2) is 0 Å². The van der Waals surface area contributed by atoms with E-state index in [1.165, 1.54) is 25.3 Å². The van der Waals surface area contributed by atoms with E-state index in [1.807, 2.05) is 6.92 Å². The molecular formula is C13H19NO5S. The zero-order valence-corrected chi connectivity index (χ0v) is 12.5. The number of methoxy groups -OCH3 is 1. The van der Waals surface area contributed by atoms with Gasteiger partial charge in [0, 0.05) is 13.7 Å². The smallest absolute Gasteiger partial charge is 0.336 e. The summed E-state index contributed by atoms with van der Waals surface area (Å²) in [4.78, 5) is 11.1. The van der Waals surface area contributed by atoms with E-state index >= 15 is 0 Å². The van der Waals surface area contributed by atoms with Crippen LogP contribution in [-0.4, -0.2) is 39.3 Å². The molecule has 1 aromatic rings. The fraction of sp³-hybridized carbons (Fsp3) is 0.462. The normalized spacial score (nSPS) is 13.2. The lowest BCUT2D eigenvalue weighted by molar-refractivity contribution is 0.0695. The number of benzene rings is 1. The average molecular weight is 301 g/mol. The number of carboxylic acids is 1. The quantitative estimate of drug-likeness (QED) is 0.791. The second kappa shape index (κ2) is 6.83. The van der Waals surface area contributed by atoms with Crippen molar-refractivity contribution in [3.8, 4) is 0 Å². The summed E-state index contributed by atoms with van der Waals surface area (Å²) in [5.41, 5.74) is 0.608. The SMILES string of the molecule is CCc1ccc(S(=O)(=O)NCC(C)OC)cc1C(=O)O. The highest BCUT2D eigenvalue weighted by atomic mass is 32.2. The Morgan fingerprint density at radius 2 is 2.10 bits per heavy atom. The minimum Gasteiger partial charge on any atom is -0.478 e. The fourth-order valence-electron chi connectivity index (χ4n) is 1.62. The molecule has 112 valence electrons. The van der Waals surface area contributed by atoms with Crippen molar-refractivity contribution in [2.24, 2.45) is 0 Å². The summed E-state index contributed by atoms with van der Waals surface area (Å²) in [5, 5.41) is 9.11. The molecule has 0 saturated carbocycles. The Labute approximate surface area is 118 Å². The molecule has 1 aromatic carbocycles. The molecule has 0 radical (unpaired) electrons. The first-order valence-electron chi connectivity index (χ1n) is 6.20. The molecule has 6 nitrogen and oxygen atoms in total. The second-order valence-electron chi connectivity index (χ2n) is 4.38. The van der Waals surface area contributed by atoms with Gasteiger partial charge in [-0.3, -0.25) is 0 Å². The number of ether oxygens (including phenoxy) is 1. The van der Waals surface area contributed by atoms with Crippen molar-refractivity contribution in [3.05, 3.63) is 29.3 Å². The van der Waals surface area contributed by atoms with E-state index in [9.17, 15) is 13.2 Å². The molecule has 0 spiro atoms. The predicted molar refractivity (Wildman–Crippen MR) is 74.4 cm³/mol. The van der Waals surface area contributed by atoms with Crippen LogP contribution >= 0.6 is 0 Å². The summed E-state index contributed by atoms with van der Waals surface area (Å²) in [6.45, 7) is 3.66. The molecule has 1 atom stereocenters. The number of carbonyl (C=O) groups is 1. The van der Waals surface area contributed by atoms with Gasteiger partial charge >= 0.3 is 5.97 Å². The number of aromatic carboxylic acids is 1. The number of aryl methyl sites for hydroxylation is 1. The maximum absolute atomic E-state index is 12.1. The first-order valence-corrected chi connectivity index (χ1v) is 7.68. The fourth-order valence-corrected chi connectivity index (χ4v) is 2.76. The Morgan fingerprint density at radius 3 is 2.60 bits per heavy atom. The number of sulfonamides is 1. The molecule has 0 aliphatic heterocycles. The van der Waals surface area contributed by atoms with E-state index in [0.717, 1.165) is 0 Å². The van der Waals surface area contributed by atoms with Crippen molar-refractivity contribution in [2.45, 2.75) is 31.3 Å². The van der Waals surface area contributed by atoms with Crippen LogP contribution in [-0.2, 0) is 21.2 Å². The topological polar surface area (TPSA) is 92.7 Å². The summed E-state index contributed by atoms with van der Waals surface area (Å²) in [7, 11) is -2.26. The lowest BCUT2D eigenvalue weighted by atomic mass is 10.1. The van der Waals surface area contributed by atoms with Gasteiger partial charge < -0.3 is 9.84 Å². The summed E-state index contributed by atoms with van der Waals surface area (Å²) >= 11 is 0. The summed E-state index contributed by atoms with van der Waals surface area (Å²) in [6, 6.07) is 4.11. The van der Waals surface area contributed by atoms with Crippen LogP contribution in [0, 0.1) is 0 Å². The third-order valence-corrected chi connectivity index (χ3v) is 4.39. The summed E-state index contributed by atoms with van der Waals surface area (Å²) in [6.07, 6.45) is 0.259. The molecule has 0 amide bonds. The highest BCUT2D eigenvalue weighted by Gasteiger charge is 2.18. The zero-order valence-electron chi connectivity index (χ0n) is 11.7. The molecule has 20 heavy (non-hydrogen) atoms. The molecule has 0 aromatic heterocycles. The Morgan fingerprint density at radius 1 is 1.45 bits per heavy atom. The molecule has 0 heterocycles. The molecular weight excluding hydrogens is 282 g/mol. The van der Waals surface area contributed by atoms with E-state index < -0.39 is 16.0 Å². The molecule has 0 aliphatic carbocycles. The molecule has 2 N–H and O–H groups in total. The highest BCUT2D eigenvalue weighted by Crippen LogP contribution is 2.17. The first kappa shape index (κ1) is 16.6. The van der Waals surface area contributed by atoms with E-state index in [2.05, 4.69) is 4.72 Å². The lowest BCUT2D eigenvalue weighted by Crippen LogP contribution is -2.31. The molecule has 0 saturated heterocycles. The Hall–Kier alpha value is -1.44. The van der Waals surface area contributed by atoms with Crippen LogP contribution in [0.15, 0.2) is 23.1 Å². The Balaban J connectivity index is 3.07. The van der Waals surface area contributed by atoms with Gasteiger partial charge in [0.25, 0.3) is 0 Å². The van der Waals surface area contributed by atoms with Crippen LogP contribution in [0.25, 0.3) is 0 Å². The molecule has 0 fully saturated rings. The van der Waals surface area contributed by atoms with Gasteiger partial charge in [-0.25, -0.2) is 17.9 Å². The minimum absolute atomic E-state index is 0.00941. The van der Waals surface area contributed by atoms with Gasteiger partial charge in [0.05, 0.1) is 16.6 Å². The van der Waals surface area contributed by atoms with Crippen molar-refractivity contribution in [2.75, 3.05) is 13.7 Å². The summed E-state index contributed by atoms with van der Waals surface area (Å²) in [5.74, 6) is -1.14. The van der Waals surface area contributed by atoms with Crippen molar-refractivity contribution >= 4 is 16.0 Å². The standard InChI is InChI=1S/C13H19NO5S/c1-4-10-5-6-11(7-12(10)13(15)16)20(17,18)14-8-9(2)19-3/h5-7,9,14H,4,8H2,1-3H3,(H,15,16). The van der Waals surface area contributed by atoms with Crippen LogP contribution < -0.4 is 4.72 Å². The van der Waals surface area contributed by atoms with Crippen LogP contribution in [0.1, 0.15) is 29.8 Å². The molecule has 1 unspecified atom stereocenters. The average Bonchev–Trinajstić information content (AvgIpc) is 2.43. The van der Waals surface area contributed by atoms with Gasteiger partial charge in [0.2, 0.25) is 10.0 Å². The van der Waals surface area contributed by atoms with Crippen molar-refractivity contribution in [1.29, 1.82) is 0 Å². The van der Waals surface area contributed by atoms with Gasteiger partial charge in [-0.1, -0.05) is 13.0 Å². The highest BCUT2D eigenvalue weighted by molar-refractivity contribution is 7.89. The predicted octanol–water partition coefficient (Wildman–Crippen LogP) is 1.26. The number of hydrogen-bond acceptors (Lipinski definition) is 4. The van der Waals surface area contributed by atoms with Crippen LogP contribution in [0.5, 0.6) is 0 Å². The number of rotatable bonds is 7. The maximum atomic E-state index is 12.1. The Bertz CT molecular complexity index is 582. The first-order chi connectivity index (χ1) is 9.31. The molecule has 1 rings (SSSR count). The van der Waals surface area contributed by atoms with Crippen LogP contribution in [0.3, 0.4) is 0 Å². The van der Waals surface area contributed by atoms with Crippen molar-refractivity contribution in [3.63, 3.8) is 0 Å². The van der Waals surface area contributed by atoms with Crippen LogP contribution in [0.2, 0.25) is 0 Å². The van der Waals surface area contributed by atoms with E-state index in [-0.39, 0.29) is 23.1 Å². The maximum Gasteiger partial charge on any atom is 0.336 e. The van der Waals surface area contributed by atoms with Crippen LogP contribution in [0.4, 0.5) is 0 Å². The third-order valence-electron chi connectivity index (χ3n) is 2.97. The monoisotopic (exact) mass is 301 g/mol. The van der Waals surface area contributed by atoms with Gasteiger partial charge in [-0.05, 0) is 31.0 Å². The van der Waals surface area contributed by atoms with Gasteiger partial charge in [-0.15, -0.1) is 0 Å². The van der Waals surface area contributed by atoms with Crippen molar-refractivity contribution in [1.82, 2.24) is 4.72 Å². The number of nitrogens with one attached hydrogen (secondary N) is 1. The summed E-state index contributed by atoms with van der Waals surface area (Å²) < 4.78 is 31.5. The zero-order chi connectivity index (χ0) is 15.3.